The average molecular weight is 486 g/mol. The molecule has 2 rings (SSSR count). The van der Waals surface area contributed by atoms with E-state index in [1.165, 1.54) is 12.1 Å². The lowest BCUT2D eigenvalue weighted by Crippen LogP contribution is -2.67. The van der Waals surface area contributed by atoms with E-state index in [0.717, 1.165) is 27.7 Å². The minimum Gasteiger partial charge on any atom is -0.463 e. The van der Waals surface area contributed by atoms with Gasteiger partial charge in [-0.1, -0.05) is 23.7 Å². The lowest BCUT2D eigenvalue weighted by Gasteiger charge is -2.44. The van der Waals surface area contributed by atoms with E-state index >= 15 is 0 Å². The first-order chi connectivity index (χ1) is 15.5. The summed E-state index contributed by atoms with van der Waals surface area (Å²) in [6.07, 6.45) is -5.34. The van der Waals surface area contributed by atoms with Gasteiger partial charge in [0.15, 0.2) is 12.2 Å². The Hall–Kier alpha value is -3.18. The molecule has 0 unspecified atom stereocenters. The first-order valence-electron chi connectivity index (χ1n) is 9.85. The molecule has 1 N–H and O–H groups in total. The maximum atomic E-state index is 12.9. The molecule has 1 aliphatic rings. The Bertz CT molecular complexity index is 920. The summed E-state index contributed by atoms with van der Waals surface area (Å²) in [5.74, 6) is -3.64. The molecule has 1 aliphatic heterocycles. The predicted molar refractivity (Wildman–Crippen MR) is 111 cm³/mol. The number of carbonyl (C=O) groups is 5. The van der Waals surface area contributed by atoms with Gasteiger partial charge in [-0.3, -0.25) is 24.0 Å². The Labute approximate surface area is 194 Å². The van der Waals surface area contributed by atoms with Gasteiger partial charge in [-0.2, -0.15) is 0 Å². The molecule has 0 aromatic heterocycles. The number of carbonyl (C=O) groups excluding carboxylic acids is 5. The molecule has 5 atom stereocenters. The number of nitrogens with one attached hydrogen (secondary N) is 1. The molecule has 0 bridgehead atoms. The van der Waals surface area contributed by atoms with E-state index in [1.807, 2.05) is 0 Å². The third-order valence-corrected chi connectivity index (χ3v) is 4.73. The Morgan fingerprint density at radius 1 is 0.879 bits per heavy atom. The van der Waals surface area contributed by atoms with Gasteiger partial charge in [-0.05, 0) is 12.1 Å². The smallest absolute Gasteiger partial charge is 0.305 e. The highest BCUT2D eigenvalue weighted by Crippen LogP contribution is 2.28. The van der Waals surface area contributed by atoms with E-state index in [9.17, 15) is 24.0 Å². The van der Waals surface area contributed by atoms with Crippen LogP contribution in [0.15, 0.2) is 24.3 Å². The summed E-state index contributed by atoms with van der Waals surface area (Å²) >= 11 is 6.09. The van der Waals surface area contributed by atoms with Gasteiger partial charge in [0.1, 0.15) is 18.8 Å². The van der Waals surface area contributed by atoms with Crippen LogP contribution in [-0.2, 0) is 42.9 Å². The predicted octanol–water partition coefficient (Wildman–Crippen LogP) is 1.15. The number of benzene rings is 1. The highest BCUT2D eigenvalue weighted by molar-refractivity contribution is 6.33. The minimum atomic E-state index is -1.48. The Balaban J connectivity index is 2.47. The molecule has 180 valence electrons. The van der Waals surface area contributed by atoms with Gasteiger partial charge in [0.2, 0.25) is 6.29 Å². The number of halogens is 1. The molecule has 0 aliphatic carbocycles. The summed E-state index contributed by atoms with van der Waals surface area (Å²) in [5.41, 5.74) is 0.0911. The van der Waals surface area contributed by atoms with Crippen LogP contribution in [0, 0.1) is 0 Å². The fourth-order valence-electron chi connectivity index (χ4n) is 3.19. The second kappa shape index (κ2) is 11.6. The third kappa shape index (κ3) is 7.43. The quantitative estimate of drug-likeness (QED) is 0.441. The van der Waals surface area contributed by atoms with Crippen LogP contribution < -0.4 is 5.32 Å². The highest BCUT2D eigenvalue weighted by Gasteiger charge is 2.52. The summed E-state index contributed by atoms with van der Waals surface area (Å²) in [6.45, 7) is 4.08. The van der Waals surface area contributed by atoms with Crippen molar-refractivity contribution in [3.63, 3.8) is 0 Å². The average Bonchev–Trinajstić information content (AvgIpc) is 2.70. The van der Waals surface area contributed by atoms with E-state index in [1.54, 1.807) is 12.1 Å². The molecule has 1 heterocycles. The Morgan fingerprint density at radius 2 is 1.45 bits per heavy atom. The van der Waals surface area contributed by atoms with E-state index < -0.39 is 67.0 Å². The topological polar surface area (TPSA) is 144 Å². The van der Waals surface area contributed by atoms with Gasteiger partial charge in [0.25, 0.3) is 5.91 Å². The van der Waals surface area contributed by atoms with Crippen molar-refractivity contribution in [1.82, 2.24) is 5.32 Å². The molecule has 1 aromatic rings. The van der Waals surface area contributed by atoms with Crippen LogP contribution in [0.1, 0.15) is 38.1 Å². The molecule has 1 aromatic carbocycles. The number of esters is 4. The number of hydrogen-bond acceptors (Lipinski definition) is 10. The van der Waals surface area contributed by atoms with Crippen LogP contribution in [0.2, 0.25) is 5.02 Å². The van der Waals surface area contributed by atoms with Gasteiger partial charge >= 0.3 is 23.9 Å². The summed E-state index contributed by atoms with van der Waals surface area (Å²) in [4.78, 5) is 59.6. The molecule has 0 radical (unpaired) electrons. The fourth-order valence-corrected chi connectivity index (χ4v) is 3.42. The molecule has 1 amide bonds. The molecular formula is C21H24ClNO10. The van der Waals surface area contributed by atoms with E-state index in [2.05, 4.69) is 5.32 Å². The van der Waals surface area contributed by atoms with Gasteiger partial charge < -0.3 is 29.0 Å². The zero-order valence-corrected chi connectivity index (χ0v) is 19.1. The maximum absolute atomic E-state index is 12.9. The lowest BCUT2D eigenvalue weighted by molar-refractivity contribution is -0.270. The number of rotatable bonds is 7. The van der Waals surface area contributed by atoms with Crippen LogP contribution in [0.25, 0.3) is 0 Å². The molecule has 1 saturated heterocycles. The van der Waals surface area contributed by atoms with Crippen molar-refractivity contribution < 1.29 is 47.7 Å². The molecule has 0 saturated carbocycles. The molecule has 33 heavy (non-hydrogen) atoms. The van der Waals surface area contributed by atoms with E-state index in [0.29, 0.717) is 0 Å². The van der Waals surface area contributed by atoms with Crippen molar-refractivity contribution in [1.29, 1.82) is 0 Å². The molecule has 11 nitrogen and oxygen atoms in total. The standard InChI is InChI=1S/C21H24ClNO10/c1-10(24)29-9-16-18(30-11(2)25)19(31-12(3)26)17(21(33-16)32-13(4)27)23-20(28)14-7-5-6-8-15(14)22/h5-8,16-19,21H,9H2,1-4H3,(H,23,28)/t16-,17+,18+,19-,21-/m1/s1. The molecular weight excluding hydrogens is 462 g/mol. The van der Waals surface area contributed by atoms with E-state index in [4.69, 9.17) is 35.3 Å². The van der Waals surface area contributed by atoms with Crippen molar-refractivity contribution in [3.8, 4) is 0 Å². The van der Waals surface area contributed by atoms with Crippen molar-refractivity contribution >= 4 is 41.4 Å². The summed E-state index contributed by atoms with van der Waals surface area (Å²) in [6, 6.07) is 4.86. The van der Waals surface area contributed by atoms with Crippen LogP contribution in [-0.4, -0.2) is 67.0 Å². The summed E-state index contributed by atoms with van der Waals surface area (Å²) < 4.78 is 26.5. The first-order valence-corrected chi connectivity index (χ1v) is 10.2. The number of ether oxygens (including phenoxy) is 5. The lowest BCUT2D eigenvalue weighted by atomic mass is 9.95. The largest absolute Gasteiger partial charge is 0.463 e. The van der Waals surface area contributed by atoms with Gasteiger partial charge in [0.05, 0.1) is 10.6 Å². The van der Waals surface area contributed by atoms with Crippen LogP contribution in [0.4, 0.5) is 0 Å². The summed E-state index contributed by atoms with van der Waals surface area (Å²) in [7, 11) is 0. The highest BCUT2D eigenvalue weighted by atomic mass is 35.5. The zero-order valence-electron chi connectivity index (χ0n) is 18.4. The molecule has 0 spiro atoms. The second-order valence-corrected chi connectivity index (χ2v) is 7.49. The van der Waals surface area contributed by atoms with Crippen LogP contribution in [0.3, 0.4) is 0 Å². The normalized spacial score (nSPS) is 24.2. The third-order valence-electron chi connectivity index (χ3n) is 4.40. The summed E-state index contributed by atoms with van der Waals surface area (Å²) in [5, 5.41) is 2.72. The number of amides is 1. The molecule has 12 heteroatoms. The SMILES string of the molecule is CC(=O)OC[C@H]1O[C@@H](OC(C)=O)[C@@H](NC(=O)c2ccccc2Cl)[C@@H](OC(C)=O)[C@H]1OC(C)=O. The fraction of sp³-hybridized carbons (Fsp3) is 0.476. The molecule has 1 fully saturated rings. The second-order valence-electron chi connectivity index (χ2n) is 7.08. The van der Waals surface area contributed by atoms with Gasteiger partial charge in [0, 0.05) is 27.7 Å². The number of hydrogen-bond donors (Lipinski definition) is 1. The Morgan fingerprint density at radius 3 is 2.00 bits per heavy atom. The monoisotopic (exact) mass is 485 g/mol. The Kier molecular flexibility index (Phi) is 9.18. The zero-order chi connectivity index (χ0) is 24.7. The van der Waals surface area contributed by atoms with E-state index in [-0.39, 0.29) is 10.6 Å². The maximum Gasteiger partial charge on any atom is 0.305 e. The minimum absolute atomic E-state index is 0.0911. The van der Waals surface area contributed by atoms with Crippen molar-refractivity contribution in [3.05, 3.63) is 34.9 Å². The van der Waals surface area contributed by atoms with Gasteiger partial charge in [-0.25, -0.2) is 0 Å². The van der Waals surface area contributed by atoms with Crippen molar-refractivity contribution in [2.24, 2.45) is 0 Å². The van der Waals surface area contributed by atoms with Crippen LogP contribution in [0.5, 0.6) is 0 Å². The van der Waals surface area contributed by atoms with Crippen molar-refractivity contribution in [2.75, 3.05) is 6.61 Å². The van der Waals surface area contributed by atoms with Crippen molar-refractivity contribution in [2.45, 2.75) is 58.3 Å². The van der Waals surface area contributed by atoms with Gasteiger partial charge in [-0.15, -0.1) is 0 Å². The van der Waals surface area contributed by atoms with Crippen LogP contribution >= 0.6 is 11.6 Å². The first kappa shape index (κ1) is 26.1.